The van der Waals surface area contributed by atoms with Crippen molar-refractivity contribution in [1.82, 2.24) is 15.6 Å². The van der Waals surface area contributed by atoms with Crippen LogP contribution in [0.3, 0.4) is 0 Å². The van der Waals surface area contributed by atoms with Crippen molar-refractivity contribution in [1.29, 1.82) is 0 Å². The molecule has 0 aromatic carbocycles. The normalized spacial score (nSPS) is 11.8. The summed E-state index contributed by atoms with van der Waals surface area (Å²) in [6.45, 7) is 9.03. The first-order valence-corrected chi connectivity index (χ1v) is 5.92. The highest BCUT2D eigenvalue weighted by Gasteiger charge is 2.07. The zero-order valence-corrected chi connectivity index (χ0v) is 10.9. The molecule has 2 N–H and O–H groups in total. The van der Waals surface area contributed by atoms with E-state index in [0.717, 1.165) is 23.8 Å². The van der Waals surface area contributed by atoms with E-state index >= 15 is 0 Å². The van der Waals surface area contributed by atoms with Crippen LogP contribution < -0.4 is 10.6 Å². The number of hydrogen-bond donors (Lipinski definition) is 2. The molecule has 0 saturated carbocycles. The zero-order chi connectivity index (χ0) is 12.0. The molecule has 1 aromatic heterocycles. The molecule has 0 fully saturated rings. The SMILES string of the molecule is CC(C)(C)NCCNCc1ncccc1Cl. The molecule has 90 valence electrons. The van der Waals surface area contributed by atoms with Gasteiger partial charge in [-0.2, -0.15) is 0 Å². The van der Waals surface area contributed by atoms with E-state index in [2.05, 4.69) is 36.4 Å². The molecule has 4 heteroatoms. The molecule has 0 spiro atoms. The Balaban J connectivity index is 2.19. The van der Waals surface area contributed by atoms with Crippen LogP contribution in [0.2, 0.25) is 5.02 Å². The van der Waals surface area contributed by atoms with E-state index in [9.17, 15) is 0 Å². The molecule has 1 aromatic rings. The lowest BCUT2D eigenvalue weighted by Crippen LogP contribution is -2.40. The van der Waals surface area contributed by atoms with Crippen molar-refractivity contribution in [2.45, 2.75) is 32.9 Å². The van der Waals surface area contributed by atoms with E-state index < -0.39 is 0 Å². The Morgan fingerprint density at radius 1 is 1.31 bits per heavy atom. The summed E-state index contributed by atoms with van der Waals surface area (Å²) in [6.07, 6.45) is 1.76. The summed E-state index contributed by atoms with van der Waals surface area (Å²) in [7, 11) is 0. The molecule has 0 aliphatic rings. The highest BCUT2D eigenvalue weighted by molar-refractivity contribution is 6.31. The highest BCUT2D eigenvalue weighted by atomic mass is 35.5. The maximum atomic E-state index is 5.99. The molecule has 0 radical (unpaired) electrons. The summed E-state index contributed by atoms with van der Waals surface area (Å²) in [5.41, 5.74) is 1.07. The molecule has 3 nitrogen and oxygen atoms in total. The Hall–Kier alpha value is -0.640. The van der Waals surface area contributed by atoms with Crippen LogP contribution in [0.25, 0.3) is 0 Å². The van der Waals surface area contributed by atoms with Crippen LogP contribution in [0.5, 0.6) is 0 Å². The van der Waals surface area contributed by atoms with Crippen molar-refractivity contribution in [2.75, 3.05) is 13.1 Å². The van der Waals surface area contributed by atoms with Crippen LogP contribution in [0.15, 0.2) is 18.3 Å². The third-order valence-electron chi connectivity index (χ3n) is 2.08. The van der Waals surface area contributed by atoms with E-state index in [1.54, 1.807) is 6.20 Å². The second kappa shape index (κ2) is 6.18. The molecule has 0 bridgehead atoms. The van der Waals surface area contributed by atoms with Gasteiger partial charge in [0.2, 0.25) is 0 Å². The Labute approximate surface area is 103 Å². The fourth-order valence-electron chi connectivity index (χ4n) is 1.28. The van der Waals surface area contributed by atoms with Crippen LogP contribution in [-0.2, 0) is 6.54 Å². The van der Waals surface area contributed by atoms with Gasteiger partial charge in [-0.05, 0) is 32.9 Å². The third-order valence-corrected chi connectivity index (χ3v) is 2.43. The standard InChI is InChI=1S/C12H20ClN3/c1-12(2,3)16-8-7-14-9-11-10(13)5-4-6-15-11/h4-6,14,16H,7-9H2,1-3H3. The first-order chi connectivity index (χ1) is 7.49. The Bertz CT molecular complexity index is 320. The molecular formula is C12H20ClN3. The van der Waals surface area contributed by atoms with E-state index in [1.807, 2.05) is 12.1 Å². The van der Waals surface area contributed by atoms with E-state index in [1.165, 1.54) is 0 Å². The monoisotopic (exact) mass is 241 g/mol. The quantitative estimate of drug-likeness (QED) is 0.777. The van der Waals surface area contributed by atoms with Gasteiger partial charge >= 0.3 is 0 Å². The van der Waals surface area contributed by atoms with Crippen LogP contribution in [0.4, 0.5) is 0 Å². The molecule has 1 heterocycles. The second-order valence-electron chi connectivity index (χ2n) is 4.79. The summed E-state index contributed by atoms with van der Waals surface area (Å²) < 4.78 is 0. The van der Waals surface area contributed by atoms with Crippen molar-refractivity contribution < 1.29 is 0 Å². The smallest absolute Gasteiger partial charge is 0.0727 e. The van der Waals surface area contributed by atoms with Crippen LogP contribution in [-0.4, -0.2) is 23.6 Å². The lowest BCUT2D eigenvalue weighted by Gasteiger charge is -2.20. The van der Waals surface area contributed by atoms with Crippen LogP contribution in [0, 0.1) is 0 Å². The average Bonchev–Trinajstić information content (AvgIpc) is 2.18. The maximum Gasteiger partial charge on any atom is 0.0727 e. The fraction of sp³-hybridized carbons (Fsp3) is 0.583. The first-order valence-electron chi connectivity index (χ1n) is 5.54. The second-order valence-corrected chi connectivity index (χ2v) is 5.19. The number of nitrogens with zero attached hydrogens (tertiary/aromatic N) is 1. The van der Waals surface area contributed by atoms with Crippen molar-refractivity contribution in [3.05, 3.63) is 29.0 Å². The van der Waals surface area contributed by atoms with Gasteiger partial charge in [0.05, 0.1) is 10.7 Å². The predicted molar refractivity (Wildman–Crippen MR) is 68.7 cm³/mol. The fourth-order valence-corrected chi connectivity index (χ4v) is 1.47. The molecule has 16 heavy (non-hydrogen) atoms. The zero-order valence-electron chi connectivity index (χ0n) is 10.2. The van der Waals surface area contributed by atoms with Gasteiger partial charge in [-0.1, -0.05) is 11.6 Å². The van der Waals surface area contributed by atoms with Crippen molar-refractivity contribution >= 4 is 11.6 Å². The highest BCUT2D eigenvalue weighted by Crippen LogP contribution is 2.11. The maximum absolute atomic E-state index is 5.99. The molecule has 0 unspecified atom stereocenters. The molecule has 0 aliphatic heterocycles. The number of rotatable bonds is 5. The summed E-state index contributed by atoms with van der Waals surface area (Å²) in [6, 6.07) is 3.70. The van der Waals surface area contributed by atoms with E-state index in [0.29, 0.717) is 6.54 Å². The molecular weight excluding hydrogens is 222 g/mol. The van der Waals surface area contributed by atoms with Crippen LogP contribution >= 0.6 is 11.6 Å². The number of nitrogens with one attached hydrogen (secondary N) is 2. The minimum absolute atomic E-state index is 0.171. The van der Waals surface area contributed by atoms with Gasteiger partial charge in [-0.3, -0.25) is 4.98 Å². The van der Waals surface area contributed by atoms with Crippen molar-refractivity contribution in [3.8, 4) is 0 Å². The molecule has 0 saturated heterocycles. The number of halogens is 1. The van der Waals surface area contributed by atoms with Gasteiger partial charge in [0.15, 0.2) is 0 Å². The molecule has 0 atom stereocenters. The van der Waals surface area contributed by atoms with Gasteiger partial charge in [0, 0.05) is 31.4 Å². The van der Waals surface area contributed by atoms with Gasteiger partial charge in [-0.15, -0.1) is 0 Å². The summed E-state index contributed by atoms with van der Waals surface area (Å²) in [4.78, 5) is 4.21. The summed E-state index contributed by atoms with van der Waals surface area (Å²) in [5, 5.41) is 7.43. The van der Waals surface area contributed by atoms with E-state index in [4.69, 9.17) is 11.6 Å². The van der Waals surface area contributed by atoms with Gasteiger partial charge in [0.25, 0.3) is 0 Å². The average molecular weight is 242 g/mol. The number of pyridine rings is 1. The van der Waals surface area contributed by atoms with E-state index in [-0.39, 0.29) is 5.54 Å². The van der Waals surface area contributed by atoms with Gasteiger partial charge in [0.1, 0.15) is 0 Å². The largest absolute Gasteiger partial charge is 0.311 e. The number of hydrogen-bond acceptors (Lipinski definition) is 3. The number of aromatic nitrogens is 1. The van der Waals surface area contributed by atoms with Crippen molar-refractivity contribution in [2.24, 2.45) is 0 Å². The molecule has 0 aliphatic carbocycles. The predicted octanol–water partition coefficient (Wildman–Crippen LogP) is 2.21. The Morgan fingerprint density at radius 2 is 2.06 bits per heavy atom. The lowest BCUT2D eigenvalue weighted by molar-refractivity contribution is 0.421. The Kier molecular flexibility index (Phi) is 5.19. The van der Waals surface area contributed by atoms with Gasteiger partial charge in [-0.25, -0.2) is 0 Å². The lowest BCUT2D eigenvalue weighted by atomic mass is 10.1. The Morgan fingerprint density at radius 3 is 2.69 bits per heavy atom. The molecule has 1 rings (SSSR count). The summed E-state index contributed by atoms with van der Waals surface area (Å²) in [5.74, 6) is 0. The van der Waals surface area contributed by atoms with Crippen LogP contribution in [0.1, 0.15) is 26.5 Å². The minimum Gasteiger partial charge on any atom is -0.311 e. The van der Waals surface area contributed by atoms with Crippen molar-refractivity contribution in [3.63, 3.8) is 0 Å². The van der Waals surface area contributed by atoms with Gasteiger partial charge < -0.3 is 10.6 Å². The minimum atomic E-state index is 0.171. The summed E-state index contributed by atoms with van der Waals surface area (Å²) >= 11 is 5.99. The third kappa shape index (κ3) is 5.45. The molecule has 0 amide bonds. The first kappa shape index (κ1) is 13.4. The topological polar surface area (TPSA) is 37.0 Å².